The molecule has 1 unspecified atom stereocenters. The van der Waals surface area contributed by atoms with Gasteiger partial charge in [-0.25, -0.2) is 0 Å². The molecule has 0 saturated carbocycles. The Kier molecular flexibility index (Phi) is 4.96. The summed E-state index contributed by atoms with van der Waals surface area (Å²) in [6.07, 6.45) is 0.843. The highest BCUT2D eigenvalue weighted by Crippen LogP contribution is 2.18. The number of carbonyl (C=O) groups excluding carboxylic acids is 2. The van der Waals surface area contributed by atoms with Crippen molar-refractivity contribution in [1.82, 2.24) is 15.5 Å². The van der Waals surface area contributed by atoms with Crippen molar-refractivity contribution in [3.63, 3.8) is 0 Å². The van der Waals surface area contributed by atoms with Gasteiger partial charge in [0.15, 0.2) is 0 Å². The molecule has 1 aliphatic rings. The van der Waals surface area contributed by atoms with E-state index in [4.69, 9.17) is 0 Å². The van der Waals surface area contributed by atoms with Gasteiger partial charge in [0.1, 0.15) is 6.04 Å². The van der Waals surface area contributed by atoms with Crippen LogP contribution in [0.15, 0.2) is 18.2 Å². The molecule has 0 fully saturated rings. The van der Waals surface area contributed by atoms with Crippen molar-refractivity contribution in [2.24, 2.45) is 0 Å². The fourth-order valence-electron chi connectivity index (χ4n) is 2.57. The van der Waals surface area contributed by atoms with Crippen LogP contribution < -0.4 is 10.6 Å². The highest BCUT2D eigenvalue weighted by molar-refractivity contribution is 5.98. The molecule has 0 bridgehead atoms. The Hall–Kier alpha value is -1.88. The fraction of sp³-hybridized carbons (Fsp3) is 0.500. The molecular weight excluding hydrogens is 266 g/mol. The summed E-state index contributed by atoms with van der Waals surface area (Å²) < 4.78 is 0. The summed E-state index contributed by atoms with van der Waals surface area (Å²) in [4.78, 5) is 26.1. The number of carbonyl (C=O) groups is 2. The summed E-state index contributed by atoms with van der Waals surface area (Å²) in [5.41, 5.74) is 2.95. The molecule has 5 heteroatoms. The van der Waals surface area contributed by atoms with Crippen LogP contribution in [0.1, 0.15) is 35.3 Å². The van der Waals surface area contributed by atoms with Gasteiger partial charge in [0.2, 0.25) is 5.91 Å². The number of fused-ring (bicyclic) bond motifs is 1. The minimum atomic E-state index is -0.514. The molecule has 2 amide bonds. The number of nitrogens with one attached hydrogen (secondary N) is 2. The zero-order valence-corrected chi connectivity index (χ0v) is 12.9. The van der Waals surface area contributed by atoms with Crippen molar-refractivity contribution in [3.05, 3.63) is 34.9 Å². The number of hydrogen-bond donors (Lipinski definition) is 2. The van der Waals surface area contributed by atoms with Gasteiger partial charge < -0.3 is 15.5 Å². The molecule has 114 valence electrons. The molecule has 0 aliphatic carbocycles. The summed E-state index contributed by atoms with van der Waals surface area (Å²) in [6, 6.07) is 5.25. The monoisotopic (exact) mass is 289 g/mol. The number of rotatable bonds is 4. The van der Waals surface area contributed by atoms with E-state index in [0.29, 0.717) is 12.1 Å². The third-order valence-electron chi connectivity index (χ3n) is 3.95. The normalized spacial score (nSPS) is 15.0. The zero-order valence-electron chi connectivity index (χ0n) is 12.9. The largest absolute Gasteiger partial charge is 0.344 e. The summed E-state index contributed by atoms with van der Waals surface area (Å²) in [5, 5.41) is 6.11. The molecule has 1 heterocycles. The van der Waals surface area contributed by atoms with E-state index in [1.807, 2.05) is 25.1 Å². The standard InChI is InChI=1S/C16H23N3O2/c1-4-19(3)16(21)11(2)18-15(20)14-7-5-6-12-10-17-9-8-13(12)14/h5-7,11,17H,4,8-10H2,1-3H3,(H,18,20). The van der Waals surface area contributed by atoms with Crippen molar-refractivity contribution < 1.29 is 9.59 Å². The van der Waals surface area contributed by atoms with Crippen LogP contribution in [-0.2, 0) is 17.8 Å². The summed E-state index contributed by atoms with van der Waals surface area (Å²) in [6.45, 7) is 5.94. The molecule has 0 aromatic heterocycles. The first-order chi connectivity index (χ1) is 10.0. The van der Waals surface area contributed by atoms with Gasteiger partial charge >= 0.3 is 0 Å². The van der Waals surface area contributed by atoms with Gasteiger partial charge in [0.05, 0.1) is 0 Å². The summed E-state index contributed by atoms with van der Waals surface area (Å²) in [5.74, 6) is -0.239. The SMILES string of the molecule is CCN(C)C(=O)C(C)NC(=O)c1cccc2c1CCNC2. The quantitative estimate of drug-likeness (QED) is 0.867. The van der Waals surface area contributed by atoms with Crippen LogP contribution in [0, 0.1) is 0 Å². The van der Waals surface area contributed by atoms with Crippen molar-refractivity contribution in [2.75, 3.05) is 20.1 Å². The average molecular weight is 289 g/mol. The van der Waals surface area contributed by atoms with E-state index in [1.165, 1.54) is 5.56 Å². The van der Waals surface area contributed by atoms with E-state index in [1.54, 1.807) is 18.9 Å². The lowest BCUT2D eigenvalue weighted by molar-refractivity contribution is -0.131. The molecule has 0 radical (unpaired) electrons. The average Bonchev–Trinajstić information content (AvgIpc) is 2.52. The highest BCUT2D eigenvalue weighted by atomic mass is 16.2. The maximum atomic E-state index is 12.4. The zero-order chi connectivity index (χ0) is 15.4. The van der Waals surface area contributed by atoms with Crippen LogP contribution in [0.5, 0.6) is 0 Å². The molecule has 2 rings (SSSR count). The lowest BCUT2D eigenvalue weighted by Gasteiger charge is -2.23. The second-order valence-corrected chi connectivity index (χ2v) is 5.42. The third kappa shape index (κ3) is 3.42. The predicted octanol–water partition coefficient (Wildman–Crippen LogP) is 0.929. The van der Waals surface area contributed by atoms with Gasteiger partial charge in [-0.2, -0.15) is 0 Å². The number of nitrogens with zero attached hydrogens (tertiary/aromatic N) is 1. The first-order valence-corrected chi connectivity index (χ1v) is 7.42. The molecule has 1 atom stereocenters. The second-order valence-electron chi connectivity index (χ2n) is 5.42. The van der Waals surface area contributed by atoms with E-state index in [0.717, 1.165) is 25.1 Å². The number of benzene rings is 1. The number of amides is 2. The summed E-state index contributed by atoms with van der Waals surface area (Å²) in [7, 11) is 1.74. The van der Waals surface area contributed by atoms with Crippen LogP contribution in [0.25, 0.3) is 0 Å². The van der Waals surface area contributed by atoms with Crippen LogP contribution in [-0.4, -0.2) is 42.9 Å². The molecule has 21 heavy (non-hydrogen) atoms. The van der Waals surface area contributed by atoms with Gasteiger partial charge in [-0.05, 0) is 44.0 Å². The van der Waals surface area contributed by atoms with Gasteiger partial charge in [-0.3, -0.25) is 9.59 Å². The Labute approximate surface area is 125 Å². The minimum Gasteiger partial charge on any atom is -0.344 e. The first-order valence-electron chi connectivity index (χ1n) is 7.42. The van der Waals surface area contributed by atoms with Crippen molar-refractivity contribution in [2.45, 2.75) is 32.9 Å². The Balaban J connectivity index is 2.12. The maximum absolute atomic E-state index is 12.4. The van der Waals surface area contributed by atoms with E-state index >= 15 is 0 Å². The Morgan fingerprint density at radius 3 is 2.90 bits per heavy atom. The van der Waals surface area contributed by atoms with Gasteiger partial charge in [-0.15, -0.1) is 0 Å². The van der Waals surface area contributed by atoms with Crippen molar-refractivity contribution in [3.8, 4) is 0 Å². The molecule has 1 aromatic carbocycles. The van der Waals surface area contributed by atoms with E-state index < -0.39 is 6.04 Å². The molecule has 0 saturated heterocycles. The van der Waals surface area contributed by atoms with Crippen LogP contribution in [0.2, 0.25) is 0 Å². The number of hydrogen-bond acceptors (Lipinski definition) is 3. The van der Waals surface area contributed by atoms with Crippen LogP contribution >= 0.6 is 0 Å². The van der Waals surface area contributed by atoms with Crippen molar-refractivity contribution in [1.29, 1.82) is 0 Å². The molecule has 0 spiro atoms. The Bertz CT molecular complexity index is 542. The predicted molar refractivity (Wildman–Crippen MR) is 82.1 cm³/mol. The summed E-state index contributed by atoms with van der Waals surface area (Å²) >= 11 is 0. The fourth-order valence-corrected chi connectivity index (χ4v) is 2.57. The van der Waals surface area contributed by atoms with Gasteiger partial charge in [-0.1, -0.05) is 12.1 Å². The van der Waals surface area contributed by atoms with Gasteiger partial charge in [0.25, 0.3) is 5.91 Å². The molecule has 2 N–H and O–H groups in total. The van der Waals surface area contributed by atoms with Crippen molar-refractivity contribution >= 4 is 11.8 Å². The lowest BCUT2D eigenvalue weighted by atomic mass is 9.95. The Morgan fingerprint density at radius 2 is 2.19 bits per heavy atom. The molecule has 1 aromatic rings. The first kappa shape index (κ1) is 15.5. The third-order valence-corrected chi connectivity index (χ3v) is 3.95. The smallest absolute Gasteiger partial charge is 0.252 e. The van der Waals surface area contributed by atoms with Crippen LogP contribution in [0.3, 0.4) is 0 Å². The molecule has 1 aliphatic heterocycles. The lowest BCUT2D eigenvalue weighted by Crippen LogP contribution is -2.45. The second kappa shape index (κ2) is 6.72. The highest BCUT2D eigenvalue weighted by Gasteiger charge is 2.22. The topological polar surface area (TPSA) is 61.4 Å². The van der Waals surface area contributed by atoms with Crippen LogP contribution in [0.4, 0.5) is 0 Å². The van der Waals surface area contributed by atoms with E-state index in [-0.39, 0.29) is 11.8 Å². The molecule has 5 nitrogen and oxygen atoms in total. The molecular formula is C16H23N3O2. The maximum Gasteiger partial charge on any atom is 0.252 e. The van der Waals surface area contributed by atoms with E-state index in [2.05, 4.69) is 10.6 Å². The number of likely N-dealkylation sites (N-methyl/N-ethyl adjacent to an activating group) is 1. The van der Waals surface area contributed by atoms with Gasteiger partial charge in [0, 0.05) is 25.7 Å². The minimum absolute atomic E-state index is 0.0719. The Morgan fingerprint density at radius 1 is 1.43 bits per heavy atom. The van der Waals surface area contributed by atoms with E-state index in [9.17, 15) is 9.59 Å².